The van der Waals surface area contributed by atoms with Crippen molar-refractivity contribution in [2.24, 2.45) is 0 Å². The van der Waals surface area contributed by atoms with Gasteiger partial charge >= 0.3 is 0 Å². The Kier molecular flexibility index (Phi) is 6.63. The van der Waals surface area contributed by atoms with Crippen molar-refractivity contribution in [2.75, 3.05) is 20.8 Å². The molecule has 3 aromatic rings. The Morgan fingerprint density at radius 2 is 1.83 bits per heavy atom. The van der Waals surface area contributed by atoms with E-state index in [0.717, 1.165) is 11.1 Å². The standard InChI is InChI=1S/C22H23N3O4/c1-28-19-9-8-16(12-20(19)29-2)10-11-23-21(26)15-25-14-18(24-13-22(25)27)17-6-4-3-5-7-17/h3-9,12-14H,10-11,15H2,1-2H3,(H,23,26). The van der Waals surface area contributed by atoms with Gasteiger partial charge in [-0.3, -0.25) is 9.59 Å². The summed E-state index contributed by atoms with van der Waals surface area (Å²) in [7, 11) is 3.17. The van der Waals surface area contributed by atoms with Gasteiger partial charge in [0.2, 0.25) is 5.91 Å². The highest BCUT2D eigenvalue weighted by atomic mass is 16.5. The number of hydrogen-bond acceptors (Lipinski definition) is 5. The number of rotatable bonds is 8. The molecule has 1 amide bonds. The average Bonchev–Trinajstić information content (AvgIpc) is 2.75. The average molecular weight is 393 g/mol. The van der Waals surface area contributed by atoms with Crippen LogP contribution in [-0.4, -0.2) is 36.2 Å². The molecule has 0 spiro atoms. The number of carbonyl (C=O) groups is 1. The number of aromatic nitrogens is 2. The van der Waals surface area contributed by atoms with E-state index >= 15 is 0 Å². The van der Waals surface area contributed by atoms with Crippen LogP contribution < -0.4 is 20.3 Å². The first-order valence-electron chi connectivity index (χ1n) is 9.20. The van der Waals surface area contributed by atoms with Crippen molar-refractivity contribution in [3.63, 3.8) is 0 Å². The normalized spacial score (nSPS) is 10.4. The molecule has 1 N–H and O–H groups in total. The van der Waals surface area contributed by atoms with Crippen LogP contribution in [0.2, 0.25) is 0 Å². The lowest BCUT2D eigenvalue weighted by Crippen LogP contribution is -2.33. The number of benzene rings is 2. The van der Waals surface area contributed by atoms with E-state index in [2.05, 4.69) is 10.3 Å². The third-order valence-corrected chi connectivity index (χ3v) is 4.44. The molecule has 0 unspecified atom stereocenters. The van der Waals surface area contributed by atoms with E-state index in [1.807, 2.05) is 48.5 Å². The molecule has 0 fully saturated rings. The highest BCUT2D eigenvalue weighted by Crippen LogP contribution is 2.27. The van der Waals surface area contributed by atoms with Crippen molar-refractivity contribution in [3.05, 3.63) is 76.8 Å². The zero-order valence-corrected chi connectivity index (χ0v) is 16.4. The first-order chi connectivity index (χ1) is 14.1. The molecule has 29 heavy (non-hydrogen) atoms. The van der Waals surface area contributed by atoms with Gasteiger partial charge in [-0.1, -0.05) is 36.4 Å². The molecule has 3 rings (SSSR count). The lowest BCUT2D eigenvalue weighted by atomic mass is 10.1. The molecule has 7 heteroatoms. The molecule has 0 saturated carbocycles. The number of amides is 1. The van der Waals surface area contributed by atoms with E-state index in [1.54, 1.807) is 20.4 Å². The molecule has 0 bridgehead atoms. The van der Waals surface area contributed by atoms with Crippen LogP contribution in [0.3, 0.4) is 0 Å². The zero-order chi connectivity index (χ0) is 20.6. The first kappa shape index (κ1) is 20.1. The molecule has 0 atom stereocenters. The van der Waals surface area contributed by atoms with Crippen LogP contribution in [0.15, 0.2) is 65.7 Å². The lowest BCUT2D eigenvalue weighted by molar-refractivity contribution is -0.121. The van der Waals surface area contributed by atoms with Crippen LogP contribution >= 0.6 is 0 Å². The maximum Gasteiger partial charge on any atom is 0.269 e. The third kappa shape index (κ3) is 5.22. The quantitative estimate of drug-likeness (QED) is 0.635. The predicted molar refractivity (Wildman–Crippen MR) is 110 cm³/mol. The minimum absolute atomic E-state index is 0.0624. The molecule has 0 saturated heterocycles. The molecule has 0 aliphatic carbocycles. The van der Waals surface area contributed by atoms with Gasteiger partial charge in [-0.25, -0.2) is 4.98 Å². The van der Waals surface area contributed by atoms with E-state index in [9.17, 15) is 9.59 Å². The molecule has 2 aromatic carbocycles. The number of nitrogens with zero attached hydrogens (tertiary/aromatic N) is 2. The topological polar surface area (TPSA) is 82.5 Å². The minimum Gasteiger partial charge on any atom is -0.493 e. The summed E-state index contributed by atoms with van der Waals surface area (Å²) in [6.45, 7) is 0.382. The van der Waals surface area contributed by atoms with Gasteiger partial charge in [0.25, 0.3) is 5.56 Å². The Morgan fingerprint density at radius 3 is 2.55 bits per heavy atom. The number of hydrogen-bond donors (Lipinski definition) is 1. The highest BCUT2D eigenvalue weighted by Gasteiger charge is 2.08. The van der Waals surface area contributed by atoms with Crippen molar-refractivity contribution in [1.82, 2.24) is 14.9 Å². The van der Waals surface area contributed by atoms with Gasteiger partial charge in [-0.15, -0.1) is 0 Å². The summed E-state index contributed by atoms with van der Waals surface area (Å²) < 4.78 is 11.9. The molecule has 7 nitrogen and oxygen atoms in total. The van der Waals surface area contributed by atoms with Crippen molar-refractivity contribution in [3.8, 4) is 22.8 Å². The second-order valence-electron chi connectivity index (χ2n) is 6.39. The van der Waals surface area contributed by atoms with Gasteiger partial charge in [0.15, 0.2) is 11.5 Å². The van der Waals surface area contributed by atoms with Crippen LogP contribution in [0.1, 0.15) is 5.56 Å². The van der Waals surface area contributed by atoms with E-state index in [1.165, 1.54) is 10.8 Å². The van der Waals surface area contributed by atoms with Crippen LogP contribution in [0.5, 0.6) is 11.5 Å². The Morgan fingerprint density at radius 1 is 1.07 bits per heavy atom. The Balaban J connectivity index is 1.59. The molecular formula is C22H23N3O4. The number of nitrogens with one attached hydrogen (secondary N) is 1. The predicted octanol–water partition coefficient (Wildman–Crippen LogP) is 2.29. The maximum atomic E-state index is 12.3. The summed E-state index contributed by atoms with van der Waals surface area (Å²) >= 11 is 0. The number of ether oxygens (including phenoxy) is 2. The van der Waals surface area contributed by atoms with Crippen LogP contribution in [0.4, 0.5) is 0 Å². The summed E-state index contributed by atoms with van der Waals surface area (Å²) in [5.74, 6) is 1.07. The number of methoxy groups -OCH3 is 2. The van der Waals surface area contributed by atoms with E-state index in [-0.39, 0.29) is 18.0 Å². The van der Waals surface area contributed by atoms with Crippen molar-refractivity contribution in [2.45, 2.75) is 13.0 Å². The SMILES string of the molecule is COc1ccc(CCNC(=O)Cn2cc(-c3ccccc3)ncc2=O)cc1OC. The second kappa shape index (κ2) is 9.54. The Hall–Kier alpha value is -3.61. The minimum atomic E-state index is -0.320. The fraction of sp³-hybridized carbons (Fsp3) is 0.227. The molecule has 0 aliphatic heterocycles. The van der Waals surface area contributed by atoms with E-state index in [4.69, 9.17) is 9.47 Å². The molecule has 1 aromatic heterocycles. The van der Waals surface area contributed by atoms with Gasteiger partial charge in [0.1, 0.15) is 6.54 Å². The molecular weight excluding hydrogens is 370 g/mol. The van der Waals surface area contributed by atoms with Crippen molar-refractivity contribution >= 4 is 5.91 Å². The number of carbonyl (C=O) groups excluding carboxylic acids is 1. The smallest absolute Gasteiger partial charge is 0.269 e. The summed E-state index contributed by atoms with van der Waals surface area (Å²) in [5, 5.41) is 2.84. The summed E-state index contributed by atoms with van der Waals surface area (Å²) in [5.41, 5.74) is 2.22. The van der Waals surface area contributed by atoms with Crippen LogP contribution in [-0.2, 0) is 17.8 Å². The second-order valence-corrected chi connectivity index (χ2v) is 6.39. The molecule has 0 aliphatic rings. The summed E-state index contributed by atoms with van der Waals surface area (Å²) in [6.07, 6.45) is 3.47. The van der Waals surface area contributed by atoms with Gasteiger partial charge in [-0.2, -0.15) is 0 Å². The van der Waals surface area contributed by atoms with Gasteiger partial charge in [0.05, 0.1) is 26.1 Å². The van der Waals surface area contributed by atoms with Crippen molar-refractivity contribution in [1.29, 1.82) is 0 Å². The maximum absolute atomic E-state index is 12.3. The third-order valence-electron chi connectivity index (χ3n) is 4.44. The van der Waals surface area contributed by atoms with E-state index < -0.39 is 0 Å². The molecule has 1 heterocycles. The van der Waals surface area contributed by atoms with Crippen molar-refractivity contribution < 1.29 is 14.3 Å². The largest absolute Gasteiger partial charge is 0.493 e. The first-order valence-corrected chi connectivity index (χ1v) is 9.20. The van der Waals surface area contributed by atoms with E-state index in [0.29, 0.717) is 30.2 Å². The van der Waals surface area contributed by atoms with Gasteiger partial charge < -0.3 is 19.4 Å². The Labute approximate surface area is 168 Å². The van der Waals surface area contributed by atoms with Gasteiger partial charge in [-0.05, 0) is 24.1 Å². The van der Waals surface area contributed by atoms with Crippen LogP contribution in [0, 0.1) is 0 Å². The van der Waals surface area contributed by atoms with Gasteiger partial charge in [0, 0.05) is 18.3 Å². The fourth-order valence-electron chi connectivity index (χ4n) is 2.92. The summed E-state index contributed by atoms with van der Waals surface area (Å²) in [6, 6.07) is 15.1. The monoisotopic (exact) mass is 393 g/mol. The lowest BCUT2D eigenvalue weighted by Gasteiger charge is -2.11. The van der Waals surface area contributed by atoms with Crippen LogP contribution in [0.25, 0.3) is 11.3 Å². The summed E-state index contributed by atoms with van der Waals surface area (Å²) in [4.78, 5) is 28.5. The molecule has 0 radical (unpaired) electrons. The Bertz CT molecular complexity index is 1030. The zero-order valence-electron chi connectivity index (χ0n) is 16.4. The highest BCUT2D eigenvalue weighted by molar-refractivity contribution is 5.75. The fourth-order valence-corrected chi connectivity index (χ4v) is 2.92. The molecule has 150 valence electrons.